The van der Waals surface area contributed by atoms with Gasteiger partial charge in [-0.05, 0) is 57.8 Å². The van der Waals surface area contributed by atoms with Crippen molar-refractivity contribution in [2.75, 3.05) is 13.2 Å². The Bertz CT molecular complexity index is 666. The molecular formula is C21H28O8. The molecule has 2 bridgehead atoms. The highest BCUT2D eigenvalue weighted by molar-refractivity contribution is 5.88. The lowest BCUT2D eigenvalue weighted by atomic mass is 9.83. The second-order valence-corrected chi connectivity index (χ2v) is 7.88. The van der Waals surface area contributed by atoms with E-state index in [9.17, 15) is 19.2 Å². The molecule has 0 aliphatic heterocycles. The van der Waals surface area contributed by atoms with Gasteiger partial charge in [-0.2, -0.15) is 0 Å². The molecule has 2 fully saturated rings. The molecule has 2 saturated carbocycles. The molecule has 3 rings (SSSR count). The molecule has 29 heavy (non-hydrogen) atoms. The Morgan fingerprint density at radius 1 is 0.828 bits per heavy atom. The van der Waals surface area contributed by atoms with Gasteiger partial charge >= 0.3 is 23.9 Å². The molecule has 1 spiro atoms. The fourth-order valence-electron chi connectivity index (χ4n) is 4.76. The van der Waals surface area contributed by atoms with Crippen LogP contribution in [0.5, 0.6) is 0 Å². The fourth-order valence-corrected chi connectivity index (χ4v) is 4.76. The smallest absolute Gasteiger partial charge is 0.347 e. The van der Waals surface area contributed by atoms with E-state index in [-0.39, 0.29) is 30.5 Å². The molecule has 0 amide bonds. The maximum atomic E-state index is 12.9. The standard InChI is InChI=1S/C21H28O8/c1-5-26-17(22)11(3)28-19(24)15-13-7-8-14(21(13)9-10-21)16(15)20(25)29-12(4)18(23)27-6-2/h7-8,11-16H,5-6,9-10H2,1-4H3/t11-,12-,13-,14+,15+,16+/m0/s1. The van der Waals surface area contributed by atoms with Crippen molar-refractivity contribution in [1.29, 1.82) is 0 Å². The Morgan fingerprint density at radius 3 is 1.52 bits per heavy atom. The molecule has 0 saturated heterocycles. The van der Waals surface area contributed by atoms with Gasteiger partial charge in [0.25, 0.3) is 0 Å². The van der Waals surface area contributed by atoms with E-state index in [1.165, 1.54) is 13.8 Å². The Kier molecular flexibility index (Phi) is 6.00. The minimum absolute atomic E-state index is 0.117. The van der Waals surface area contributed by atoms with Crippen molar-refractivity contribution in [1.82, 2.24) is 0 Å². The highest BCUT2D eigenvalue weighted by Crippen LogP contribution is 2.72. The third-order valence-corrected chi connectivity index (χ3v) is 6.21. The molecule has 0 radical (unpaired) electrons. The molecule has 0 unspecified atom stereocenters. The van der Waals surface area contributed by atoms with E-state index in [0.29, 0.717) is 0 Å². The van der Waals surface area contributed by atoms with Crippen molar-refractivity contribution >= 4 is 23.9 Å². The fraction of sp³-hybridized carbons (Fsp3) is 0.714. The quantitative estimate of drug-likeness (QED) is 0.340. The van der Waals surface area contributed by atoms with Crippen molar-refractivity contribution in [3.63, 3.8) is 0 Å². The molecule has 8 nitrogen and oxygen atoms in total. The lowest BCUT2D eigenvalue weighted by Crippen LogP contribution is -2.40. The van der Waals surface area contributed by atoms with Crippen LogP contribution >= 0.6 is 0 Å². The molecule has 160 valence electrons. The summed E-state index contributed by atoms with van der Waals surface area (Å²) in [6, 6.07) is 0. The van der Waals surface area contributed by atoms with Crippen molar-refractivity contribution in [2.24, 2.45) is 29.1 Å². The van der Waals surface area contributed by atoms with Crippen LogP contribution in [0, 0.1) is 29.1 Å². The summed E-state index contributed by atoms with van der Waals surface area (Å²) >= 11 is 0. The van der Waals surface area contributed by atoms with Crippen molar-refractivity contribution in [3.8, 4) is 0 Å². The average Bonchev–Trinajstić information content (AvgIpc) is 3.34. The number of carbonyl (C=O) groups excluding carboxylic acids is 4. The highest BCUT2D eigenvalue weighted by atomic mass is 16.6. The number of rotatable bonds is 8. The molecule has 0 aromatic carbocycles. The summed E-state index contributed by atoms with van der Waals surface area (Å²) in [5.41, 5.74) is -0.117. The summed E-state index contributed by atoms with van der Waals surface area (Å²) in [6.07, 6.45) is 3.66. The minimum atomic E-state index is -1.06. The van der Waals surface area contributed by atoms with Gasteiger partial charge in [0, 0.05) is 0 Å². The molecule has 8 heteroatoms. The molecular weight excluding hydrogens is 380 g/mol. The van der Waals surface area contributed by atoms with Crippen LogP contribution in [0.4, 0.5) is 0 Å². The topological polar surface area (TPSA) is 105 Å². The van der Waals surface area contributed by atoms with E-state index in [1.54, 1.807) is 13.8 Å². The van der Waals surface area contributed by atoms with Gasteiger partial charge in [0.1, 0.15) is 0 Å². The summed E-state index contributed by atoms with van der Waals surface area (Å²) in [7, 11) is 0. The predicted octanol–water partition coefficient (Wildman–Crippen LogP) is 1.80. The number of esters is 4. The van der Waals surface area contributed by atoms with Crippen LogP contribution in [0.2, 0.25) is 0 Å². The van der Waals surface area contributed by atoms with Crippen LogP contribution in [0.3, 0.4) is 0 Å². The summed E-state index contributed by atoms with van der Waals surface area (Å²) in [5, 5.41) is 0. The summed E-state index contributed by atoms with van der Waals surface area (Å²) in [6.45, 7) is 6.59. The molecule has 0 aromatic rings. The molecule has 3 aliphatic rings. The van der Waals surface area contributed by atoms with Gasteiger partial charge in [-0.3, -0.25) is 9.59 Å². The Balaban J connectivity index is 1.75. The van der Waals surface area contributed by atoms with E-state index < -0.39 is 47.9 Å². The van der Waals surface area contributed by atoms with Crippen LogP contribution < -0.4 is 0 Å². The van der Waals surface area contributed by atoms with Gasteiger partial charge in [0.15, 0.2) is 12.2 Å². The summed E-state index contributed by atoms with van der Waals surface area (Å²) < 4.78 is 20.5. The number of carbonyl (C=O) groups is 4. The second kappa shape index (κ2) is 8.16. The molecule has 0 heterocycles. The first-order valence-corrected chi connectivity index (χ1v) is 10.2. The maximum Gasteiger partial charge on any atom is 0.347 e. The van der Waals surface area contributed by atoms with E-state index in [2.05, 4.69) is 0 Å². The Morgan fingerprint density at radius 2 is 1.21 bits per heavy atom. The number of allylic oxidation sites excluding steroid dienone is 2. The van der Waals surface area contributed by atoms with E-state index >= 15 is 0 Å². The second-order valence-electron chi connectivity index (χ2n) is 7.88. The predicted molar refractivity (Wildman–Crippen MR) is 99.1 cm³/mol. The average molecular weight is 408 g/mol. The first kappa shape index (κ1) is 21.3. The third kappa shape index (κ3) is 3.76. The monoisotopic (exact) mass is 408 g/mol. The lowest BCUT2D eigenvalue weighted by Gasteiger charge is -2.26. The van der Waals surface area contributed by atoms with Crippen molar-refractivity contribution < 1.29 is 38.1 Å². The van der Waals surface area contributed by atoms with Gasteiger partial charge < -0.3 is 18.9 Å². The Hall–Kier alpha value is -2.38. The minimum Gasteiger partial charge on any atom is -0.463 e. The van der Waals surface area contributed by atoms with Gasteiger partial charge in [-0.15, -0.1) is 0 Å². The van der Waals surface area contributed by atoms with Crippen LogP contribution in [0.1, 0.15) is 40.5 Å². The van der Waals surface area contributed by atoms with Crippen LogP contribution in [-0.2, 0) is 38.1 Å². The van der Waals surface area contributed by atoms with Crippen molar-refractivity contribution in [3.05, 3.63) is 12.2 Å². The maximum absolute atomic E-state index is 12.9. The van der Waals surface area contributed by atoms with E-state index in [1.807, 2.05) is 12.2 Å². The first-order valence-electron chi connectivity index (χ1n) is 10.2. The summed E-state index contributed by atoms with van der Waals surface area (Å²) in [4.78, 5) is 49.6. The van der Waals surface area contributed by atoms with E-state index in [4.69, 9.17) is 18.9 Å². The summed E-state index contributed by atoms with van der Waals surface area (Å²) in [5.74, 6) is -4.24. The highest BCUT2D eigenvalue weighted by Gasteiger charge is 2.71. The van der Waals surface area contributed by atoms with Crippen LogP contribution in [0.25, 0.3) is 0 Å². The van der Waals surface area contributed by atoms with Crippen LogP contribution in [0.15, 0.2) is 12.2 Å². The molecule has 6 atom stereocenters. The van der Waals surface area contributed by atoms with Crippen molar-refractivity contribution in [2.45, 2.75) is 52.7 Å². The van der Waals surface area contributed by atoms with Gasteiger partial charge in [-0.25, -0.2) is 9.59 Å². The number of hydrogen-bond donors (Lipinski definition) is 0. The number of ether oxygens (including phenoxy) is 4. The number of hydrogen-bond acceptors (Lipinski definition) is 8. The van der Waals surface area contributed by atoms with Gasteiger partial charge in [0.2, 0.25) is 0 Å². The normalized spacial score (nSPS) is 29.8. The van der Waals surface area contributed by atoms with Gasteiger partial charge in [0.05, 0.1) is 25.0 Å². The molecule has 0 aromatic heterocycles. The molecule has 3 aliphatic carbocycles. The van der Waals surface area contributed by atoms with Crippen LogP contribution in [-0.4, -0.2) is 49.3 Å². The van der Waals surface area contributed by atoms with E-state index in [0.717, 1.165) is 12.8 Å². The zero-order valence-electron chi connectivity index (χ0n) is 17.2. The third-order valence-electron chi connectivity index (χ3n) is 6.21. The first-order chi connectivity index (χ1) is 13.8. The van der Waals surface area contributed by atoms with Gasteiger partial charge in [-0.1, -0.05) is 12.2 Å². The SMILES string of the molecule is CCOC(=O)[C@H](C)OC(=O)[C@H]1[C@H](C(=O)O[C@@H](C)C(=O)OCC)[C@@H]2C=C[C@H]1C21CC1. The zero-order valence-corrected chi connectivity index (χ0v) is 17.2. The zero-order chi connectivity index (χ0) is 21.3. The molecule has 0 N–H and O–H groups in total. The Labute approximate surface area is 169 Å². The lowest BCUT2D eigenvalue weighted by molar-refractivity contribution is -0.176. The largest absolute Gasteiger partial charge is 0.463 e.